The summed E-state index contributed by atoms with van der Waals surface area (Å²) in [5, 5.41) is 9.61. The van der Waals surface area contributed by atoms with Crippen LogP contribution in [0.1, 0.15) is 42.0 Å². The van der Waals surface area contributed by atoms with Crippen molar-refractivity contribution in [2.45, 2.75) is 57.8 Å². The number of fused-ring (bicyclic) bond motifs is 1. The summed E-state index contributed by atoms with van der Waals surface area (Å²) < 4.78 is 20.1. The zero-order chi connectivity index (χ0) is 25.0. The van der Waals surface area contributed by atoms with Crippen LogP contribution in [0.2, 0.25) is 19.6 Å². The summed E-state index contributed by atoms with van der Waals surface area (Å²) in [6.45, 7) is 6.55. The second-order valence-electron chi connectivity index (χ2n) is 9.76. The zero-order valence-corrected chi connectivity index (χ0v) is 21.2. The number of hydrogen-bond donors (Lipinski definition) is 1. The molecular weight excluding hydrogens is 453 g/mol. The van der Waals surface area contributed by atoms with Gasteiger partial charge in [0.1, 0.15) is 17.6 Å². The molecule has 1 N–H and O–H groups in total. The third-order valence-electron chi connectivity index (χ3n) is 6.20. The van der Waals surface area contributed by atoms with Crippen molar-refractivity contribution in [3.63, 3.8) is 0 Å². The van der Waals surface area contributed by atoms with Crippen molar-refractivity contribution in [3.05, 3.63) is 58.9 Å². The Hall–Kier alpha value is -3.00. The van der Waals surface area contributed by atoms with E-state index in [2.05, 4.69) is 19.6 Å². The van der Waals surface area contributed by atoms with Crippen LogP contribution in [0.4, 0.5) is 4.39 Å². The third-order valence-corrected chi connectivity index (χ3v) is 8.23. The second kappa shape index (κ2) is 10.5. The molecule has 0 fully saturated rings. The maximum absolute atomic E-state index is 14.8. The van der Waals surface area contributed by atoms with E-state index in [4.69, 9.17) is 9.84 Å². The number of carbonyl (C=O) groups excluding carboxylic acids is 2. The van der Waals surface area contributed by atoms with E-state index in [0.717, 1.165) is 11.1 Å². The van der Waals surface area contributed by atoms with Gasteiger partial charge in [-0.25, -0.2) is 4.39 Å². The number of methoxy groups -OCH3 is 1. The number of nitrogens with zero attached hydrogens (tertiary/aromatic N) is 1. The Kier molecular flexibility index (Phi) is 7.92. The molecule has 0 aliphatic carbocycles. The molecule has 1 aliphatic rings. The van der Waals surface area contributed by atoms with Gasteiger partial charge in [-0.05, 0) is 52.9 Å². The molecule has 0 aromatic heterocycles. The van der Waals surface area contributed by atoms with Crippen molar-refractivity contribution < 1.29 is 28.6 Å². The lowest BCUT2D eigenvalue weighted by molar-refractivity contribution is -0.141. The van der Waals surface area contributed by atoms with Gasteiger partial charge in [0.2, 0.25) is 5.91 Å². The lowest BCUT2D eigenvalue weighted by atomic mass is 9.87. The van der Waals surface area contributed by atoms with Crippen molar-refractivity contribution in [3.8, 4) is 5.75 Å². The number of benzene rings is 2. The molecule has 8 heteroatoms. The molecule has 1 aliphatic heterocycles. The average Bonchev–Trinajstić information content (AvgIpc) is 2.76. The molecule has 0 saturated heterocycles. The smallest absolute Gasteiger partial charge is 0.303 e. The maximum atomic E-state index is 14.8. The summed E-state index contributed by atoms with van der Waals surface area (Å²) in [7, 11) is -0.269. The number of hydrogen-bond acceptors (Lipinski definition) is 4. The van der Waals surface area contributed by atoms with Gasteiger partial charge in [0, 0.05) is 25.8 Å². The fraction of sp³-hybridized carbons (Fsp3) is 0.423. The predicted molar refractivity (Wildman–Crippen MR) is 131 cm³/mol. The lowest BCUT2D eigenvalue weighted by Gasteiger charge is -2.37. The highest BCUT2D eigenvalue weighted by Crippen LogP contribution is 2.34. The van der Waals surface area contributed by atoms with E-state index in [9.17, 15) is 18.8 Å². The molecule has 2 aromatic rings. The van der Waals surface area contributed by atoms with Crippen LogP contribution in [-0.2, 0) is 27.2 Å². The van der Waals surface area contributed by atoms with E-state index in [0.29, 0.717) is 29.5 Å². The molecule has 2 aromatic carbocycles. The van der Waals surface area contributed by atoms with Crippen molar-refractivity contribution in [2.24, 2.45) is 0 Å². The van der Waals surface area contributed by atoms with Gasteiger partial charge in [0.05, 0.1) is 15.2 Å². The summed E-state index contributed by atoms with van der Waals surface area (Å²) in [5.74, 6) is -1.02. The fourth-order valence-corrected chi connectivity index (χ4v) is 5.83. The molecule has 0 spiro atoms. The number of carboxylic acids is 1. The Morgan fingerprint density at radius 1 is 1.12 bits per heavy atom. The van der Waals surface area contributed by atoms with Gasteiger partial charge in [-0.2, -0.15) is 0 Å². The molecule has 182 valence electrons. The van der Waals surface area contributed by atoms with E-state index in [1.54, 1.807) is 30.2 Å². The minimum absolute atomic E-state index is 0.00204. The molecular formula is C26H32FNO5Si. The first-order valence-electron chi connectivity index (χ1n) is 11.5. The van der Waals surface area contributed by atoms with Gasteiger partial charge >= 0.3 is 5.97 Å². The van der Waals surface area contributed by atoms with Gasteiger partial charge in [0.15, 0.2) is 5.78 Å². The van der Waals surface area contributed by atoms with Gasteiger partial charge in [-0.1, -0.05) is 37.8 Å². The molecule has 1 heterocycles. The third kappa shape index (κ3) is 5.91. The molecule has 3 rings (SSSR count). The van der Waals surface area contributed by atoms with Gasteiger partial charge in [-0.3, -0.25) is 14.4 Å². The summed E-state index contributed by atoms with van der Waals surface area (Å²) in [5.41, 5.74) is 2.25. The molecule has 0 bridgehead atoms. The van der Waals surface area contributed by atoms with Crippen LogP contribution in [0.5, 0.6) is 5.75 Å². The Morgan fingerprint density at radius 3 is 2.47 bits per heavy atom. The van der Waals surface area contributed by atoms with Crippen LogP contribution in [0.15, 0.2) is 36.4 Å². The standard InChI is InChI=1S/C26H32FNO5Si/c1-33-19-9-10-20-18(16-19)12-13-28(24(30)6-5-7-25(31)32)26(20)22(29)15-17-8-11-23(21(27)14-17)34(2,3)4/h8-11,14,16,26H,5-7,12-13,15H2,1-4H3,(H,31,32)/t26-/m1/s1. The van der Waals surface area contributed by atoms with Crippen LogP contribution in [0.25, 0.3) is 0 Å². The first-order chi connectivity index (χ1) is 16.0. The summed E-state index contributed by atoms with van der Waals surface area (Å²) in [6.07, 6.45) is 0.735. The predicted octanol–water partition coefficient (Wildman–Crippen LogP) is 3.87. The Balaban J connectivity index is 1.89. The summed E-state index contributed by atoms with van der Waals surface area (Å²) >= 11 is 0. The number of ketones is 1. The average molecular weight is 486 g/mol. The SMILES string of the molecule is COc1ccc2c(c1)CCN(C(=O)CCCC(=O)O)[C@H]2C(=O)Cc1ccc([Si](C)(C)C)c(F)c1. The fourth-order valence-electron chi connectivity index (χ4n) is 4.46. The maximum Gasteiger partial charge on any atom is 0.303 e. The van der Waals surface area contributed by atoms with E-state index < -0.39 is 20.1 Å². The van der Waals surface area contributed by atoms with E-state index in [1.807, 2.05) is 12.1 Å². The van der Waals surface area contributed by atoms with Crippen molar-refractivity contribution in [1.29, 1.82) is 0 Å². The Bertz CT molecular complexity index is 1100. The van der Waals surface area contributed by atoms with Crippen LogP contribution >= 0.6 is 0 Å². The molecule has 6 nitrogen and oxygen atoms in total. The zero-order valence-electron chi connectivity index (χ0n) is 20.2. The minimum Gasteiger partial charge on any atom is -0.497 e. The first kappa shape index (κ1) is 25.6. The second-order valence-corrected chi connectivity index (χ2v) is 14.8. The van der Waals surface area contributed by atoms with Gasteiger partial charge in [0.25, 0.3) is 0 Å². The molecule has 0 unspecified atom stereocenters. The molecule has 0 radical (unpaired) electrons. The van der Waals surface area contributed by atoms with Crippen LogP contribution in [0, 0.1) is 5.82 Å². The number of carboxylic acid groups (broad SMARTS) is 1. The van der Waals surface area contributed by atoms with Crippen molar-refractivity contribution >= 4 is 30.9 Å². The highest BCUT2D eigenvalue weighted by Gasteiger charge is 2.35. The largest absolute Gasteiger partial charge is 0.497 e. The van der Waals surface area contributed by atoms with E-state index in [1.165, 1.54) is 6.07 Å². The Labute approximate surface area is 200 Å². The van der Waals surface area contributed by atoms with Crippen LogP contribution in [0.3, 0.4) is 0 Å². The van der Waals surface area contributed by atoms with E-state index >= 15 is 0 Å². The molecule has 1 amide bonds. The van der Waals surface area contributed by atoms with Crippen LogP contribution < -0.4 is 9.92 Å². The Morgan fingerprint density at radius 2 is 1.85 bits per heavy atom. The number of carbonyl (C=O) groups is 3. The molecule has 0 saturated carbocycles. The molecule has 1 atom stereocenters. The lowest BCUT2D eigenvalue weighted by Crippen LogP contribution is -2.44. The van der Waals surface area contributed by atoms with Gasteiger partial charge < -0.3 is 14.7 Å². The van der Waals surface area contributed by atoms with E-state index in [-0.39, 0.29) is 43.2 Å². The number of Topliss-reactive ketones (excluding diaryl/α,β-unsaturated/α-hetero) is 1. The minimum atomic E-state index is -1.84. The van der Waals surface area contributed by atoms with Crippen LogP contribution in [-0.4, -0.2) is 49.4 Å². The monoisotopic (exact) mass is 485 g/mol. The number of rotatable bonds is 9. The summed E-state index contributed by atoms with van der Waals surface area (Å²) in [6, 6.07) is 9.66. The number of ether oxygens (including phenoxy) is 1. The molecule has 34 heavy (non-hydrogen) atoms. The van der Waals surface area contributed by atoms with Gasteiger partial charge in [-0.15, -0.1) is 0 Å². The number of aliphatic carboxylic acids is 1. The number of halogens is 1. The first-order valence-corrected chi connectivity index (χ1v) is 15.0. The normalized spacial score (nSPS) is 15.6. The van der Waals surface area contributed by atoms with Crippen molar-refractivity contribution in [2.75, 3.05) is 13.7 Å². The summed E-state index contributed by atoms with van der Waals surface area (Å²) in [4.78, 5) is 38.9. The highest BCUT2D eigenvalue weighted by molar-refractivity contribution is 6.88. The van der Waals surface area contributed by atoms with Crippen molar-refractivity contribution in [1.82, 2.24) is 4.90 Å². The topological polar surface area (TPSA) is 83.9 Å². The number of amides is 1. The quantitative estimate of drug-likeness (QED) is 0.545. The highest BCUT2D eigenvalue weighted by atomic mass is 28.3.